The zero-order valence-corrected chi connectivity index (χ0v) is 14.4. The molecule has 0 bridgehead atoms. The van der Waals surface area contributed by atoms with Crippen LogP contribution in [0.5, 0.6) is 5.75 Å². The maximum absolute atomic E-state index is 12.5. The number of hydrogen-bond donors (Lipinski definition) is 1. The number of ether oxygens (including phenoxy) is 1. The first-order valence-corrected chi connectivity index (χ1v) is 8.29. The van der Waals surface area contributed by atoms with Gasteiger partial charge in [0.05, 0.1) is 19.6 Å². The molecule has 0 aliphatic carbocycles. The summed E-state index contributed by atoms with van der Waals surface area (Å²) < 4.78 is 6.90. The van der Waals surface area contributed by atoms with Crippen LogP contribution in [-0.2, 0) is 16.1 Å². The van der Waals surface area contributed by atoms with Crippen LogP contribution in [0.3, 0.4) is 0 Å². The quantitative estimate of drug-likeness (QED) is 0.862. The van der Waals surface area contributed by atoms with Gasteiger partial charge in [0.2, 0.25) is 11.8 Å². The Kier molecular flexibility index (Phi) is 5.02. The van der Waals surface area contributed by atoms with Gasteiger partial charge in [0, 0.05) is 37.1 Å². The Morgan fingerprint density at radius 1 is 1.40 bits per heavy atom. The molecule has 2 heterocycles. The zero-order chi connectivity index (χ0) is 17.8. The third kappa shape index (κ3) is 3.99. The van der Waals surface area contributed by atoms with E-state index in [9.17, 15) is 9.59 Å². The summed E-state index contributed by atoms with van der Waals surface area (Å²) in [7, 11) is 1.60. The van der Waals surface area contributed by atoms with Crippen LogP contribution in [0.25, 0.3) is 0 Å². The maximum atomic E-state index is 12.5. The normalized spacial score (nSPS) is 18.2. The first-order chi connectivity index (χ1) is 12.1. The maximum Gasteiger partial charge on any atom is 0.227 e. The predicted octanol–water partition coefficient (Wildman–Crippen LogP) is 1.45. The van der Waals surface area contributed by atoms with E-state index in [4.69, 9.17) is 4.74 Å². The first-order valence-electron chi connectivity index (χ1n) is 8.29. The Morgan fingerprint density at radius 3 is 2.80 bits per heavy atom. The van der Waals surface area contributed by atoms with Crippen molar-refractivity contribution in [1.82, 2.24) is 15.1 Å². The molecule has 7 nitrogen and oxygen atoms in total. The molecule has 1 aromatic carbocycles. The van der Waals surface area contributed by atoms with Gasteiger partial charge in [-0.2, -0.15) is 5.10 Å². The Balaban J connectivity index is 1.58. The molecule has 2 atom stereocenters. The molecule has 132 valence electrons. The van der Waals surface area contributed by atoms with E-state index in [0.717, 1.165) is 11.4 Å². The molecule has 7 heteroatoms. The van der Waals surface area contributed by atoms with Gasteiger partial charge < -0.3 is 15.0 Å². The smallest absolute Gasteiger partial charge is 0.227 e. The van der Waals surface area contributed by atoms with Gasteiger partial charge >= 0.3 is 0 Å². The largest absolute Gasteiger partial charge is 0.497 e. The molecular formula is C18H22N4O3. The summed E-state index contributed by atoms with van der Waals surface area (Å²) in [5.41, 5.74) is 0.783. The summed E-state index contributed by atoms with van der Waals surface area (Å²) in [6.07, 6.45) is 3.79. The summed E-state index contributed by atoms with van der Waals surface area (Å²) >= 11 is 0. The number of carbonyl (C=O) groups excluding carboxylic acids is 2. The second-order valence-electron chi connectivity index (χ2n) is 6.24. The molecule has 0 saturated carbocycles. The van der Waals surface area contributed by atoms with Gasteiger partial charge in [-0.05, 0) is 37.3 Å². The molecule has 0 radical (unpaired) electrons. The minimum Gasteiger partial charge on any atom is -0.497 e. The highest BCUT2D eigenvalue weighted by Crippen LogP contribution is 2.27. The van der Waals surface area contributed by atoms with Crippen molar-refractivity contribution in [2.75, 3.05) is 18.6 Å². The van der Waals surface area contributed by atoms with Crippen LogP contribution < -0.4 is 15.0 Å². The van der Waals surface area contributed by atoms with E-state index in [-0.39, 0.29) is 30.2 Å². The van der Waals surface area contributed by atoms with Crippen LogP contribution in [-0.4, -0.2) is 41.3 Å². The minimum absolute atomic E-state index is 0.0370. The lowest BCUT2D eigenvalue weighted by Gasteiger charge is -2.19. The standard InChI is InChI=1S/C18H22N4O3/c1-13(11-21-9-3-8-19-21)20-18(24)14-10-17(23)22(12-14)15-4-6-16(25-2)7-5-15/h3-9,13-14H,10-12H2,1-2H3,(H,20,24). The van der Waals surface area contributed by atoms with E-state index in [0.29, 0.717) is 13.1 Å². The lowest BCUT2D eigenvalue weighted by Crippen LogP contribution is -2.40. The van der Waals surface area contributed by atoms with Gasteiger partial charge in [0.15, 0.2) is 0 Å². The number of aromatic nitrogens is 2. The Morgan fingerprint density at radius 2 is 2.16 bits per heavy atom. The molecule has 25 heavy (non-hydrogen) atoms. The third-order valence-corrected chi connectivity index (χ3v) is 4.29. The second kappa shape index (κ2) is 7.38. The lowest BCUT2D eigenvalue weighted by molar-refractivity contribution is -0.126. The summed E-state index contributed by atoms with van der Waals surface area (Å²) in [4.78, 5) is 26.4. The average molecular weight is 342 g/mol. The van der Waals surface area contributed by atoms with Crippen molar-refractivity contribution in [2.45, 2.75) is 25.9 Å². The van der Waals surface area contributed by atoms with E-state index >= 15 is 0 Å². The molecule has 2 unspecified atom stereocenters. The van der Waals surface area contributed by atoms with Crippen LogP contribution in [0.4, 0.5) is 5.69 Å². The fourth-order valence-corrected chi connectivity index (χ4v) is 2.99. The molecule has 3 rings (SSSR count). The number of nitrogens with one attached hydrogen (secondary N) is 1. The Labute approximate surface area is 146 Å². The minimum atomic E-state index is -0.338. The highest BCUT2D eigenvalue weighted by Gasteiger charge is 2.35. The summed E-state index contributed by atoms with van der Waals surface area (Å²) in [5.74, 6) is 0.265. The topological polar surface area (TPSA) is 76.5 Å². The van der Waals surface area contributed by atoms with Gasteiger partial charge in [-0.1, -0.05) is 0 Å². The van der Waals surface area contributed by atoms with Crippen molar-refractivity contribution in [2.24, 2.45) is 5.92 Å². The fourth-order valence-electron chi connectivity index (χ4n) is 2.99. The summed E-state index contributed by atoms with van der Waals surface area (Å²) in [6, 6.07) is 9.06. The van der Waals surface area contributed by atoms with E-state index in [1.54, 1.807) is 22.9 Å². The van der Waals surface area contributed by atoms with Gasteiger partial charge in [-0.3, -0.25) is 14.3 Å². The van der Waals surface area contributed by atoms with E-state index in [1.807, 2.05) is 43.5 Å². The molecule has 1 aliphatic rings. The van der Waals surface area contributed by atoms with Gasteiger partial charge in [0.25, 0.3) is 0 Å². The Hall–Kier alpha value is -2.83. The number of carbonyl (C=O) groups is 2. The van der Waals surface area contributed by atoms with Crippen molar-refractivity contribution in [3.63, 3.8) is 0 Å². The van der Waals surface area contributed by atoms with E-state index in [1.165, 1.54) is 0 Å². The summed E-state index contributed by atoms with van der Waals surface area (Å²) in [6.45, 7) is 2.92. The molecular weight excluding hydrogens is 320 g/mol. The van der Waals surface area contributed by atoms with Crippen LogP contribution in [0.15, 0.2) is 42.7 Å². The second-order valence-corrected chi connectivity index (χ2v) is 6.24. The highest BCUT2D eigenvalue weighted by atomic mass is 16.5. The van der Waals surface area contributed by atoms with Crippen molar-refractivity contribution >= 4 is 17.5 Å². The van der Waals surface area contributed by atoms with Crippen LogP contribution in [0, 0.1) is 5.92 Å². The molecule has 1 saturated heterocycles. The lowest BCUT2D eigenvalue weighted by atomic mass is 10.1. The van der Waals surface area contributed by atoms with Crippen molar-refractivity contribution in [1.29, 1.82) is 0 Å². The van der Waals surface area contributed by atoms with Crippen LogP contribution >= 0.6 is 0 Å². The summed E-state index contributed by atoms with van der Waals surface area (Å²) in [5, 5.41) is 7.10. The number of anilines is 1. The number of amides is 2. The van der Waals surface area contributed by atoms with Crippen molar-refractivity contribution < 1.29 is 14.3 Å². The molecule has 1 fully saturated rings. The van der Waals surface area contributed by atoms with Crippen molar-refractivity contribution in [3.05, 3.63) is 42.7 Å². The van der Waals surface area contributed by atoms with Crippen LogP contribution in [0.2, 0.25) is 0 Å². The van der Waals surface area contributed by atoms with Gasteiger partial charge in [-0.15, -0.1) is 0 Å². The average Bonchev–Trinajstić information content (AvgIpc) is 3.24. The van der Waals surface area contributed by atoms with Crippen molar-refractivity contribution in [3.8, 4) is 5.75 Å². The molecule has 1 aliphatic heterocycles. The molecule has 1 aromatic heterocycles. The predicted molar refractivity (Wildman–Crippen MR) is 93.3 cm³/mol. The fraction of sp³-hybridized carbons (Fsp3) is 0.389. The molecule has 2 aromatic rings. The SMILES string of the molecule is COc1ccc(N2CC(C(=O)NC(C)Cn3cccn3)CC2=O)cc1. The molecule has 2 amide bonds. The number of methoxy groups -OCH3 is 1. The first kappa shape index (κ1) is 17.0. The van der Waals surface area contributed by atoms with Crippen LogP contribution in [0.1, 0.15) is 13.3 Å². The van der Waals surface area contributed by atoms with E-state index < -0.39 is 0 Å². The number of benzene rings is 1. The third-order valence-electron chi connectivity index (χ3n) is 4.29. The number of rotatable bonds is 6. The van der Waals surface area contributed by atoms with E-state index in [2.05, 4.69) is 10.4 Å². The molecule has 0 spiro atoms. The highest BCUT2D eigenvalue weighted by molar-refractivity contribution is 6.00. The van der Waals surface area contributed by atoms with Gasteiger partial charge in [0.1, 0.15) is 5.75 Å². The molecule has 1 N–H and O–H groups in total. The zero-order valence-electron chi connectivity index (χ0n) is 14.4. The monoisotopic (exact) mass is 342 g/mol. The number of hydrogen-bond acceptors (Lipinski definition) is 4. The number of nitrogens with zero attached hydrogens (tertiary/aromatic N) is 3. The Bertz CT molecular complexity index is 727. The van der Waals surface area contributed by atoms with Gasteiger partial charge in [-0.25, -0.2) is 0 Å².